The maximum absolute atomic E-state index is 13.5. The largest absolute Gasteiger partial charge is 0.373 e. The van der Waals surface area contributed by atoms with E-state index in [0.717, 1.165) is 49.4 Å². The molecule has 0 atom stereocenters. The molecule has 0 radical (unpaired) electrons. The van der Waals surface area contributed by atoms with Crippen LogP contribution in [0.2, 0.25) is 5.02 Å². The van der Waals surface area contributed by atoms with E-state index in [-0.39, 0.29) is 11.1 Å². The molecule has 1 saturated heterocycles. The molecule has 1 aliphatic heterocycles. The van der Waals surface area contributed by atoms with Gasteiger partial charge in [-0.2, -0.15) is 0 Å². The van der Waals surface area contributed by atoms with Gasteiger partial charge in [0.1, 0.15) is 11.6 Å². The fourth-order valence-electron chi connectivity index (χ4n) is 3.39. The maximum Gasteiger partial charge on any atom is 0.142 e. The number of hydrogen-bond acceptors (Lipinski definition) is 3. The van der Waals surface area contributed by atoms with Gasteiger partial charge in [0.25, 0.3) is 0 Å². The zero-order chi connectivity index (χ0) is 17.9. The summed E-state index contributed by atoms with van der Waals surface area (Å²) in [6.07, 6.45) is 6.12. The summed E-state index contributed by atoms with van der Waals surface area (Å²) < 4.78 is 21.6. The molecule has 0 unspecified atom stereocenters. The van der Waals surface area contributed by atoms with E-state index in [4.69, 9.17) is 16.3 Å². The predicted molar refractivity (Wildman–Crippen MR) is 99.7 cm³/mol. The van der Waals surface area contributed by atoms with Crippen LogP contribution >= 0.6 is 11.6 Å². The number of likely N-dealkylation sites (tertiary alicyclic amines) is 1. The van der Waals surface area contributed by atoms with Crippen molar-refractivity contribution in [1.82, 2.24) is 14.3 Å². The van der Waals surface area contributed by atoms with Gasteiger partial charge < -0.3 is 9.14 Å². The van der Waals surface area contributed by atoms with Gasteiger partial charge in [-0.15, -0.1) is 0 Å². The Kier molecular flexibility index (Phi) is 5.20. The molecular weight excluding hydrogens is 353 g/mol. The molecule has 26 heavy (non-hydrogen) atoms. The van der Waals surface area contributed by atoms with Crippen molar-refractivity contribution in [1.29, 1.82) is 0 Å². The van der Waals surface area contributed by atoms with Gasteiger partial charge in [-0.3, -0.25) is 4.90 Å². The first-order valence-electron chi connectivity index (χ1n) is 8.88. The van der Waals surface area contributed by atoms with E-state index in [9.17, 15) is 4.39 Å². The van der Waals surface area contributed by atoms with Crippen molar-refractivity contribution in [2.24, 2.45) is 0 Å². The molecule has 3 heterocycles. The topological polar surface area (TPSA) is 29.8 Å². The molecule has 0 N–H and O–H groups in total. The normalized spacial score (nSPS) is 16.4. The van der Waals surface area contributed by atoms with E-state index in [1.807, 2.05) is 24.4 Å². The standard InChI is InChI=1S/C20H21ClFN3O/c21-18-5-4-15(11-19(18)22)14-26-17-6-9-24(10-7-17)13-20-23-12-16-3-1-2-8-25(16)20/h1-5,8,11-12,17H,6-7,9-10,13-14H2. The van der Waals surface area contributed by atoms with Crippen LogP contribution in [-0.2, 0) is 17.9 Å². The smallest absolute Gasteiger partial charge is 0.142 e. The van der Waals surface area contributed by atoms with Crippen LogP contribution in [0, 0.1) is 5.82 Å². The van der Waals surface area contributed by atoms with Gasteiger partial charge in [0, 0.05) is 19.3 Å². The number of rotatable bonds is 5. The minimum atomic E-state index is -0.394. The number of ether oxygens (including phenoxy) is 1. The third kappa shape index (κ3) is 3.90. The Morgan fingerprint density at radius 3 is 2.85 bits per heavy atom. The Bertz CT molecular complexity index is 890. The minimum Gasteiger partial charge on any atom is -0.373 e. The molecule has 0 bridgehead atoms. The molecule has 3 aromatic rings. The molecule has 0 spiro atoms. The number of piperidine rings is 1. The number of nitrogens with zero attached hydrogens (tertiary/aromatic N) is 3. The number of fused-ring (bicyclic) bond motifs is 1. The van der Waals surface area contributed by atoms with E-state index < -0.39 is 5.82 Å². The Balaban J connectivity index is 1.28. The first-order chi connectivity index (χ1) is 12.7. The molecule has 0 aliphatic carbocycles. The second-order valence-corrected chi connectivity index (χ2v) is 7.11. The van der Waals surface area contributed by atoms with Gasteiger partial charge in [-0.25, -0.2) is 9.37 Å². The molecule has 6 heteroatoms. The number of halogens is 2. The number of hydrogen-bond donors (Lipinski definition) is 0. The van der Waals surface area contributed by atoms with Crippen LogP contribution in [0.4, 0.5) is 4.39 Å². The highest BCUT2D eigenvalue weighted by molar-refractivity contribution is 6.30. The SMILES string of the molecule is Fc1cc(COC2CCN(Cc3ncc4ccccn34)CC2)ccc1Cl. The van der Waals surface area contributed by atoms with Gasteiger partial charge in [0.2, 0.25) is 0 Å². The summed E-state index contributed by atoms with van der Waals surface area (Å²) in [5.41, 5.74) is 1.94. The Labute approximate surface area is 157 Å². The highest BCUT2D eigenvalue weighted by Gasteiger charge is 2.21. The molecule has 136 valence electrons. The molecule has 0 amide bonds. The van der Waals surface area contributed by atoms with Gasteiger partial charge in [-0.1, -0.05) is 23.7 Å². The van der Waals surface area contributed by atoms with Crippen LogP contribution in [-0.4, -0.2) is 33.5 Å². The number of benzene rings is 1. The van der Waals surface area contributed by atoms with Crippen molar-refractivity contribution in [3.05, 3.63) is 71.0 Å². The van der Waals surface area contributed by atoms with E-state index in [1.165, 1.54) is 6.07 Å². The Morgan fingerprint density at radius 2 is 2.04 bits per heavy atom. The molecule has 1 aliphatic rings. The fraction of sp³-hybridized carbons (Fsp3) is 0.350. The second kappa shape index (κ2) is 7.74. The third-order valence-electron chi connectivity index (χ3n) is 4.88. The second-order valence-electron chi connectivity index (χ2n) is 6.70. The lowest BCUT2D eigenvalue weighted by Crippen LogP contribution is -2.36. The van der Waals surface area contributed by atoms with E-state index >= 15 is 0 Å². The number of imidazole rings is 1. The first-order valence-corrected chi connectivity index (χ1v) is 9.26. The highest BCUT2D eigenvalue weighted by Crippen LogP contribution is 2.20. The lowest BCUT2D eigenvalue weighted by atomic mass is 10.1. The van der Waals surface area contributed by atoms with Gasteiger partial charge in [0.15, 0.2) is 0 Å². The van der Waals surface area contributed by atoms with Crippen LogP contribution in [0.25, 0.3) is 5.52 Å². The number of pyridine rings is 1. The molecule has 4 rings (SSSR count). The van der Waals surface area contributed by atoms with Crippen molar-refractivity contribution in [3.8, 4) is 0 Å². The van der Waals surface area contributed by atoms with Gasteiger partial charge in [-0.05, 0) is 42.7 Å². The maximum atomic E-state index is 13.5. The lowest BCUT2D eigenvalue weighted by molar-refractivity contribution is -0.00447. The van der Waals surface area contributed by atoms with Crippen LogP contribution in [0.3, 0.4) is 0 Å². The van der Waals surface area contributed by atoms with Crippen molar-refractivity contribution >= 4 is 17.1 Å². The molecule has 1 fully saturated rings. The number of aromatic nitrogens is 2. The van der Waals surface area contributed by atoms with Crippen molar-refractivity contribution in [2.45, 2.75) is 32.1 Å². The summed E-state index contributed by atoms with van der Waals surface area (Å²) in [6, 6.07) is 10.9. The molecule has 1 aromatic carbocycles. The first kappa shape index (κ1) is 17.5. The average molecular weight is 374 g/mol. The summed E-state index contributed by atoms with van der Waals surface area (Å²) in [7, 11) is 0. The fourth-order valence-corrected chi connectivity index (χ4v) is 3.51. The average Bonchev–Trinajstić information content (AvgIpc) is 3.07. The summed E-state index contributed by atoms with van der Waals surface area (Å²) >= 11 is 5.71. The van der Waals surface area contributed by atoms with Crippen molar-refractivity contribution < 1.29 is 9.13 Å². The zero-order valence-electron chi connectivity index (χ0n) is 14.4. The summed E-state index contributed by atoms with van der Waals surface area (Å²) in [4.78, 5) is 6.95. The van der Waals surface area contributed by atoms with E-state index in [0.29, 0.717) is 6.61 Å². The monoisotopic (exact) mass is 373 g/mol. The van der Waals surface area contributed by atoms with Crippen molar-refractivity contribution in [3.63, 3.8) is 0 Å². The Hall–Kier alpha value is -1.95. The zero-order valence-corrected chi connectivity index (χ0v) is 15.2. The van der Waals surface area contributed by atoms with Crippen LogP contribution in [0.15, 0.2) is 48.8 Å². The van der Waals surface area contributed by atoms with Crippen molar-refractivity contribution in [2.75, 3.05) is 13.1 Å². The lowest BCUT2D eigenvalue weighted by Gasteiger charge is -2.31. The van der Waals surface area contributed by atoms with Crippen LogP contribution < -0.4 is 0 Å². The molecular formula is C20H21ClFN3O. The van der Waals surface area contributed by atoms with Gasteiger partial charge >= 0.3 is 0 Å². The third-order valence-corrected chi connectivity index (χ3v) is 5.19. The van der Waals surface area contributed by atoms with E-state index in [2.05, 4.69) is 26.5 Å². The minimum absolute atomic E-state index is 0.147. The summed E-state index contributed by atoms with van der Waals surface area (Å²) in [5.74, 6) is 0.672. The van der Waals surface area contributed by atoms with E-state index in [1.54, 1.807) is 6.07 Å². The summed E-state index contributed by atoms with van der Waals surface area (Å²) in [5, 5.41) is 0.147. The predicted octanol–water partition coefficient (Wildman–Crippen LogP) is 4.31. The Morgan fingerprint density at radius 1 is 1.19 bits per heavy atom. The van der Waals surface area contributed by atoms with Crippen LogP contribution in [0.1, 0.15) is 24.2 Å². The highest BCUT2D eigenvalue weighted by atomic mass is 35.5. The van der Waals surface area contributed by atoms with Crippen LogP contribution in [0.5, 0.6) is 0 Å². The molecule has 2 aromatic heterocycles. The van der Waals surface area contributed by atoms with Gasteiger partial charge in [0.05, 0.1) is 36.0 Å². The summed E-state index contributed by atoms with van der Waals surface area (Å²) in [6.45, 7) is 3.21. The molecule has 0 saturated carbocycles. The quantitative estimate of drug-likeness (QED) is 0.667. The molecule has 4 nitrogen and oxygen atoms in total.